The zero-order valence-electron chi connectivity index (χ0n) is 7.15. The van der Waals surface area contributed by atoms with Gasteiger partial charge in [-0.3, -0.25) is 0 Å². The van der Waals surface area contributed by atoms with Gasteiger partial charge < -0.3 is 9.53 Å². The zero-order valence-corrected chi connectivity index (χ0v) is 7.15. The Hall–Kier alpha value is -1.38. The van der Waals surface area contributed by atoms with E-state index >= 15 is 0 Å². The van der Waals surface area contributed by atoms with Crippen LogP contribution in [-0.4, -0.2) is 18.4 Å². The Kier molecular flexibility index (Phi) is 2.80. The topological polar surface area (TPSA) is 39.2 Å². The van der Waals surface area contributed by atoms with Crippen molar-refractivity contribution in [2.24, 2.45) is 0 Å². The van der Waals surface area contributed by atoms with E-state index in [1.807, 2.05) is 13.0 Å². The van der Waals surface area contributed by atoms with Gasteiger partial charge in [0, 0.05) is 17.7 Å². The number of nitrogens with zero attached hydrogens (tertiary/aromatic N) is 1. The zero-order chi connectivity index (χ0) is 8.97. The van der Waals surface area contributed by atoms with Gasteiger partial charge in [-0.15, -0.1) is 0 Å². The van der Waals surface area contributed by atoms with Crippen molar-refractivity contribution in [3.8, 4) is 5.88 Å². The fraction of sp³-hybridized carbons (Fsp3) is 0.333. The van der Waals surface area contributed by atoms with Crippen LogP contribution in [0.1, 0.15) is 18.4 Å². The van der Waals surface area contributed by atoms with Crippen molar-refractivity contribution in [1.29, 1.82) is 0 Å². The monoisotopic (exact) mass is 165 g/mol. The third-order valence-corrected chi connectivity index (χ3v) is 1.69. The lowest BCUT2D eigenvalue weighted by Gasteiger charge is -2.07. The molecular weight excluding hydrogens is 154 g/mol. The minimum absolute atomic E-state index is 0.159. The average Bonchev–Trinajstić information content (AvgIpc) is 2.16. The number of hydrogen-bond donors (Lipinski definition) is 0. The van der Waals surface area contributed by atoms with E-state index in [9.17, 15) is 4.79 Å². The summed E-state index contributed by atoms with van der Waals surface area (Å²) in [5.41, 5.74) is 0.829. The second-order valence-electron chi connectivity index (χ2n) is 2.53. The van der Waals surface area contributed by atoms with Crippen LogP contribution in [0.15, 0.2) is 18.3 Å². The van der Waals surface area contributed by atoms with Crippen LogP contribution < -0.4 is 4.74 Å². The second-order valence-corrected chi connectivity index (χ2v) is 2.53. The van der Waals surface area contributed by atoms with Crippen LogP contribution in [-0.2, 0) is 4.79 Å². The Balaban J connectivity index is 3.04. The van der Waals surface area contributed by atoms with Crippen LogP contribution in [0.3, 0.4) is 0 Å². The molecule has 3 nitrogen and oxygen atoms in total. The summed E-state index contributed by atoms with van der Waals surface area (Å²) in [6, 6.07) is 3.63. The molecule has 0 saturated carbocycles. The lowest BCUT2D eigenvalue weighted by Crippen LogP contribution is -1.99. The number of hydrogen-bond acceptors (Lipinski definition) is 3. The van der Waals surface area contributed by atoms with Crippen molar-refractivity contribution in [2.45, 2.75) is 12.8 Å². The van der Waals surface area contributed by atoms with Crippen LogP contribution in [0, 0.1) is 0 Å². The SMILES string of the molecule is COc1ncccc1C(C)C=O. The second kappa shape index (κ2) is 3.85. The Morgan fingerprint density at radius 1 is 1.67 bits per heavy atom. The van der Waals surface area contributed by atoms with Gasteiger partial charge in [-0.1, -0.05) is 13.0 Å². The van der Waals surface area contributed by atoms with E-state index in [2.05, 4.69) is 4.98 Å². The first-order valence-corrected chi connectivity index (χ1v) is 3.73. The van der Waals surface area contributed by atoms with Gasteiger partial charge in [0.2, 0.25) is 5.88 Å². The molecule has 1 aromatic rings. The highest BCUT2D eigenvalue weighted by molar-refractivity contribution is 5.62. The number of carbonyl (C=O) groups is 1. The van der Waals surface area contributed by atoms with Gasteiger partial charge in [0.15, 0.2) is 0 Å². The summed E-state index contributed by atoms with van der Waals surface area (Å²) in [6.07, 6.45) is 2.51. The molecule has 1 aromatic heterocycles. The molecule has 64 valence electrons. The Bertz CT molecular complexity index is 273. The third kappa shape index (κ3) is 1.61. The Morgan fingerprint density at radius 2 is 2.42 bits per heavy atom. The van der Waals surface area contributed by atoms with E-state index in [1.54, 1.807) is 19.4 Å². The van der Waals surface area contributed by atoms with Crippen molar-refractivity contribution in [2.75, 3.05) is 7.11 Å². The Labute approximate surface area is 71.4 Å². The van der Waals surface area contributed by atoms with Crippen LogP contribution >= 0.6 is 0 Å². The minimum atomic E-state index is -0.159. The van der Waals surface area contributed by atoms with E-state index in [0.717, 1.165) is 11.8 Å². The summed E-state index contributed by atoms with van der Waals surface area (Å²) in [4.78, 5) is 14.5. The third-order valence-electron chi connectivity index (χ3n) is 1.69. The predicted molar refractivity (Wildman–Crippen MR) is 45.3 cm³/mol. The van der Waals surface area contributed by atoms with Crippen LogP contribution in [0.25, 0.3) is 0 Å². The molecule has 0 saturated heterocycles. The molecule has 1 unspecified atom stereocenters. The fourth-order valence-corrected chi connectivity index (χ4v) is 0.994. The first kappa shape index (κ1) is 8.71. The molecule has 0 spiro atoms. The number of rotatable bonds is 3. The minimum Gasteiger partial charge on any atom is -0.481 e. The predicted octanol–water partition coefficient (Wildman–Crippen LogP) is 1.39. The van der Waals surface area contributed by atoms with Gasteiger partial charge in [-0.05, 0) is 6.07 Å². The van der Waals surface area contributed by atoms with Crippen LogP contribution in [0.4, 0.5) is 0 Å². The summed E-state index contributed by atoms with van der Waals surface area (Å²) in [7, 11) is 1.54. The van der Waals surface area contributed by atoms with E-state index in [1.165, 1.54) is 0 Å². The maximum absolute atomic E-state index is 10.5. The van der Waals surface area contributed by atoms with Crippen LogP contribution in [0.2, 0.25) is 0 Å². The van der Waals surface area contributed by atoms with Crippen molar-refractivity contribution in [3.63, 3.8) is 0 Å². The highest BCUT2D eigenvalue weighted by atomic mass is 16.5. The lowest BCUT2D eigenvalue weighted by molar-refractivity contribution is -0.108. The van der Waals surface area contributed by atoms with Crippen molar-refractivity contribution < 1.29 is 9.53 Å². The average molecular weight is 165 g/mol. The summed E-state index contributed by atoms with van der Waals surface area (Å²) >= 11 is 0. The van der Waals surface area contributed by atoms with Gasteiger partial charge in [-0.25, -0.2) is 4.98 Å². The van der Waals surface area contributed by atoms with E-state index in [4.69, 9.17) is 4.74 Å². The number of ether oxygens (including phenoxy) is 1. The molecule has 12 heavy (non-hydrogen) atoms. The maximum Gasteiger partial charge on any atom is 0.216 e. The fourth-order valence-electron chi connectivity index (χ4n) is 0.994. The molecule has 1 rings (SSSR count). The quantitative estimate of drug-likeness (QED) is 0.635. The molecule has 3 heteroatoms. The standard InChI is InChI=1S/C9H11NO2/c1-7(6-11)8-4-3-5-10-9(8)12-2/h3-7H,1-2H3. The smallest absolute Gasteiger partial charge is 0.216 e. The largest absolute Gasteiger partial charge is 0.481 e. The first-order valence-electron chi connectivity index (χ1n) is 3.73. The molecule has 0 aliphatic heterocycles. The Morgan fingerprint density at radius 3 is 3.00 bits per heavy atom. The summed E-state index contributed by atoms with van der Waals surface area (Å²) in [5.74, 6) is 0.366. The number of aromatic nitrogens is 1. The van der Waals surface area contributed by atoms with Crippen molar-refractivity contribution >= 4 is 6.29 Å². The maximum atomic E-state index is 10.5. The van der Waals surface area contributed by atoms with Gasteiger partial charge in [0.05, 0.1) is 7.11 Å². The van der Waals surface area contributed by atoms with Crippen molar-refractivity contribution in [1.82, 2.24) is 4.98 Å². The molecule has 1 atom stereocenters. The van der Waals surface area contributed by atoms with Crippen molar-refractivity contribution in [3.05, 3.63) is 23.9 Å². The number of aldehydes is 1. The molecule has 0 N–H and O–H groups in total. The van der Waals surface area contributed by atoms with Gasteiger partial charge in [0.25, 0.3) is 0 Å². The van der Waals surface area contributed by atoms with Gasteiger partial charge >= 0.3 is 0 Å². The van der Waals surface area contributed by atoms with E-state index in [-0.39, 0.29) is 5.92 Å². The summed E-state index contributed by atoms with van der Waals surface area (Å²) < 4.78 is 5.00. The molecule has 0 amide bonds. The summed E-state index contributed by atoms with van der Waals surface area (Å²) in [5, 5.41) is 0. The molecule has 0 aliphatic carbocycles. The highest BCUT2D eigenvalue weighted by Gasteiger charge is 2.09. The highest BCUT2D eigenvalue weighted by Crippen LogP contribution is 2.21. The number of methoxy groups -OCH3 is 1. The molecule has 0 radical (unpaired) electrons. The number of carbonyl (C=O) groups excluding carboxylic acids is 1. The van der Waals surface area contributed by atoms with Gasteiger partial charge in [0.1, 0.15) is 6.29 Å². The van der Waals surface area contributed by atoms with E-state index in [0.29, 0.717) is 5.88 Å². The number of pyridine rings is 1. The van der Waals surface area contributed by atoms with Crippen LogP contribution in [0.5, 0.6) is 5.88 Å². The molecule has 0 aromatic carbocycles. The normalized spacial score (nSPS) is 12.2. The molecule has 1 heterocycles. The molecule has 0 fully saturated rings. The summed E-state index contributed by atoms with van der Waals surface area (Å²) in [6.45, 7) is 1.81. The van der Waals surface area contributed by atoms with Gasteiger partial charge in [-0.2, -0.15) is 0 Å². The molecular formula is C9H11NO2. The van der Waals surface area contributed by atoms with E-state index < -0.39 is 0 Å². The first-order chi connectivity index (χ1) is 5.79. The molecule has 0 bridgehead atoms. The lowest BCUT2D eigenvalue weighted by atomic mass is 10.1. The molecule has 0 aliphatic rings.